The summed E-state index contributed by atoms with van der Waals surface area (Å²) < 4.78 is 14.4. The predicted molar refractivity (Wildman–Crippen MR) is 68.5 cm³/mol. The monoisotopic (exact) mass is 263 g/mol. The Morgan fingerprint density at radius 3 is 2.53 bits per heavy atom. The van der Waals surface area contributed by atoms with Gasteiger partial charge < -0.3 is 14.8 Å². The molecule has 0 aliphatic carbocycles. The van der Waals surface area contributed by atoms with Crippen LogP contribution in [-0.4, -0.2) is 14.8 Å². The van der Waals surface area contributed by atoms with Gasteiger partial charge in [-0.2, -0.15) is 0 Å². The van der Waals surface area contributed by atoms with Crippen molar-refractivity contribution in [3.05, 3.63) is 63.8 Å². The quantitative estimate of drug-likeness (QED) is 0.886. The lowest BCUT2D eigenvalue weighted by atomic mass is 10.1. The second-order valence-electron chi connectivity index (χ2n) is 4.33. The van der Waals surface area contributed by atoms with Gasteiger partial charge in [-0.05, 0) is 24.6 Å². The number of benzene rings is 1. The van der Waals surface area contributed by atoms with Gasteiger partial charge in [0.1, 0.15) is 5.82 Å². The number of aromatic nitrogens is 1. The molecule has 2 aromatic rings. The maximum absolute atomic E-state index is 12.8. The Labute approximate surface area is 109 Å². The molecular formula is C14H14FNO3. The van der Waals surface area contributed by atoms with E-state index in [2.05, 4.69) is 0 Å². The normalized spacial score (nSPS) is 12.4. The number of pyridine rings is 1. The van der Waals surface area contributed by atoms with Crippen LogP contribution in [0.3, 0.4) is 0 Å². The van der Waals surface area contributed by atoms with E-state index < -0.39 is 11.5 Å². The first-order valence-electron chi connectivity index (χ1n) is 5.81. The summed E-state index contributed by atoms with van der Waals surface area (Å²) in [6, 6.07) is 6.78. The molecule has 19 heavy (non-hydrogen) atoms. The maximum atomic E-state index is 12.8. The summed E-state index contributed by atoms with van der Waals surface area (Å²) in [7, 11) is 0. The van der Waals surface area contributed by atoms with Crippen LogP contribution in [0.1, 0.15) is 17.4 Å². The van der Waals surface area contributed by atoms with Gasteiger partial charge in [-0.25, -0.2) is 4.39 Å². The number of nitrogens with zero attached hydrogens (tertiary/aromatic N) is 1. The molecule has 0 amide bonds. The molecule has 100 valence electrons. The molecule has 0 bridgehead atoms. The van der Waals surface area contributed by atoms with Crippen molar-refractivity contribution in [3.8, 4) is 5.75 Å². The third-order valence-corrected chi connectivity index (χ3v) is 3.04. The van der Waals surface area contributed by atoms with Crippen LogP contribution in [0.4, 0.5) is 4.39 Å². The molecule has 2 N–H and O–H groups in total. The van der Waals surface area contributed by atoms with Gasteiger partial charge in [0.05, 0.1) is 18.3 Å². The standard InChI is InChI=1S/C14H14FNO3/c1-9-14(19)12(17)6-7-16(9)8-13(18)10-2-4-11(15)5-3-10/h2-7,13,18-19H,8H2,1H3/t13-/m1/s1. The van der Waals surface area contributed by atoms with Crippen LogP contribution < -0.4 is 5.43 Å². The van der Waals surface area contributed by atoms with Crippen LogP contribution in [0.15, 0.2) is 41.3 Å². The summed E-state index contributed by atoms with van der Waals surface area (Å²) in [6.45, 7) is 1.76. The molecule has 1 aromatic carbocycles. The number of rotatable bonds is 3. The van der Waals surface area contributed by atoms with Gasteiger partial charge in [0.15, 0.2) is 5.75 Å². The first-order valence-corrected chi connectivity index (χ1v) is 5.81. The van der Waals surface area contributed by atoms with E-state index in [4.69, 9.17) is 0 Å². The fourth-order valence-corrected chi connectivity index (χ4v) is 1.84. The molecule has 4 nitrogen and oxygen atoms in total. The molecule has 0 aliphatic heterocycles. The number of hydrogen-bond acceptors (Lipinski definition) is 3. The lowest BCUT2D eigenvalue weighted by Crippen LogP contribution is -2.14. The Hall–Kier alpha value is -2.14. The molecule has 0 saturated heterocycles. The van der Waals surface area contributed by atoms with Crippen LogP contribution in [-0.2, 0) is 6.54 Å². The molecule has 0 spiro atoms. The second kappa shape index (κ2) is 5.24. The summed E-state index contributed by atoms with van der Waals surface area (Å²) in [5.41, 5.74) is 0.498. The Morgan fingerprint density at radius 1 is 1.26 bits per heavy atom. The minimum absolute atomic E-state index is 0.172. The third-order valence-electron chi connectivity index (χ3n) is 3.04. The van der Waals surface area contributed by atoms with E-state index in [0.29, 0.717) is 11.3 Å². The zero-order valence-electron chi connectivity index (χ0n) is 10.4. The molecule has 0 unspecified atom stereocenters. The van der Waals surface area contributed by atoms with E-state index in [0.717, 1.165) is 0 Å². The zero-order chi connectivity index (χ0) is 14.0. The number of aromatic hydroxyl groups is 1. The minimum Gasteiger partial charge on any atom is -0.503 e. The molecule has 0 fully saturated rings. The molecule has 1 atom stereocenters. The molecule has 1 heterocycles. The van der Waals surface area contributed by atoms with Crippen LogP contribution in [0.5, 0.6) is 5.75 Å². The van der Waals surface area contributed by atoms with Gasteiger partial charge in [-0.3, -0.25) is 4.79 Å². The highest BCUT2D eigenvalue weighted by Gasteiger charge is 2.11. The fourth-order valence-electron chi connectivity index (χ4n) is 1.84. The Morgan fingerprint density at radius 2 is 1.89 bits per heavy atom. The van der Waals surface area contributed by atoms with Gasteiger partial charge >= 0.3 is 0 Å². The van der Waals surface area contributed by atoms with Crippen LogP contribution in [0.2, 0.25) is 0 Å². The number of halogens is 1. The van der Waals surface area contributed by atoms with E-state index >= 15 is 0 Å². The summed E-state index contributed by atoms with van der Waals surface area (Å²) >= 11 is 0. The smallest absolute Gasteiger partial charge is 0.223 e. The van der Waals surface area contributed by atoms with Crippen molar-refractivity contribution in [2.24, 2.45) is 0 Å². The van der Waals surface area contributed by atoms with Crippen molar-refractivity contribution in [2.45, 2.75) is 19.6 Å². The zero-order valence-corrected chi connectivity index (χ0v) is 10.4. The lowest BCUT2D eigenvalue weighted by Gasteiger charge is -2.16. The molecule has 1 aromatic heterocycles. The van der Waals surface area contributed by atoms with E-state index in [1.807, 2.05) is 0 Å². The van der Waals surface area contributed by atoms with Crippen LogP contribution in [0.25, 0.3) is 0 Å². The summed E-state index contributed by atoms with van der Waals surface area (Å²) in [4.78, 5) is 11.2. The summed E-state index contributed by atoms with van der Waals surface area (Å²) in [5, 5.41) is 19.6. The highest BCUT2D eigenvalue weighted by Crippen LogP contribution is 2.18. The van der Waals surface area contributed by atoms with Crippen molar-refractivity contribution >= 4 is 0 Å². The van der Waals surface area contributed by atoms with Gasteiger partial charge in [0.25, 0.3) is 0 Å². The van der Waals surface area contributed by atoms with Gasteiger partial charge in [-0.15, -0.1) is 0 Å². The van der Waals surface area contributed by atoms with E-state index in [9.17, 15) is 19.4 Å². The number of hydrogen-bond donors (Lipinski definition) is 2. The molecule has 0 radical (unpaired) electrons. The van der Waals surface area contributed by atoms with Crippen molar-refractivity contribution in [3.63, 3.8) is 0 Å². The lowest BCUT2D eigenvalue weighted by molar-refractivity contribution is 0.155. The Balaban J connectivity index is 2.24. The molecule has 0 aliphatic rings. The predicted octanol–water partition coefficient (Wildman–Crippen LogP) is 1.74. The Bertz CT molecular complexity index is 634. The molecule has 0 saturated carbocycles. The van der Waals surface area contributed by atoms with Crippen molar-refractivity contribution in [2.75, 3.05) is 0 Å². The largest absolute Gasteiger partial charge is 0.503 e. The van der Waals surface area contributed by atoms with Crippen molar-refractivity contribution < 1.29 is 14.6 Å². The van der Waals surface area contributed by atoms with Crippen molar-refractivity contribution in [1.82, 2.24) is 4.57 Å². The third kappa shape index (κ3) is 2.82. The first kappa shape index (κ1) is 13.3. The number of aliphatic hydroxyl groups is 1. The fraction of sp³-hybridized carbons (Fsp3) is 0.214. The average molecular weight is 263 g/mol. The topological polar surface area (TPSA) is 62.5 Å². The number of aliphatic hydroxyl groups excluding tert-OH is 1. The highest BCUT2D eigenvalue weighted by atomic mass is 19.1. The summed E-state index contributed by atoms with van der Waals surface area (Å²) in [6.07, 6.45) is 0.658. The minimum atomic E-state index is -0.846. The highest BCUT2D eigenvalue weighted by molar-refractivity contribution is 5.26. The summed E-state index contributed by atoms with van der Waals surface area (Å²) in [5.74, 6) is -0.693. The van der Waals surface area contributed by atoms with E-state index in [1.54, 1.807) is 11.5 Å². The van der Waals surface area contributed by atoms with Crippen molar-refractivity contribution in [1.29, 1.82) is 0 Å². The maximum Gasteiger partial charge on any atom is 0.223 e. The average Bonchev–Trinajstić information content (AvgIpc) is 2.40. The van der Waals surface area contributed by atoms with Crippen LogP contribution >= 0.6 is 0 Å². The van der Waals surface area contributed by atoms with Gasteiger partial charge in [0.2, 0.25) is 5.43 Å². The van der Waals surface area contributed by atoms with Gasteiger partial charge in [-0.1, -0.05) is 12.1 Å². The van der Waals surface area contributed by atoms with Gasteiger partial charge in [0, 0.05) is 12.3 Å². The SMILES string of the molecule is Cc1c(O)c(=O)ccn1C[C@@H](O)c1ccc(F)cc1. The first-order chi connectivity index (χ1) is 8.99. The molecule has 2 rings (SSSR count). The molecule has 5 heteroatoms. The molecular weight excluding hydrogens is 249 g/mol. The second-order valence-corrected chi connectivity index (χ2v) is 4.33. The Kier molecular flexibility index (Phi) is 3.66. The van der Waals surface area contributed by atoms with E-state index in [1.165, 1.54) is 36.5 Å². The van der Waals surface area contributed by atoms with E-state index in [-0.39, 0.29) is 18.1 Å². The van der Waals surface area contributed by atoms with Crippen LogP contribution in [0, 0.1) is 12.7 Å².